The molecule has 2 atom stereocenters. The lowest BCUT2D eigenvalue weighted by molar-refractivity contribution is 0.202. The van der Waals surface area contributed by atoms with Crippen molar-refractivity contribution in [3.05, 3.63) is 20.8 Å². The van der Waals surface area contributed by atoms with Crippen molar-refractivity contribution in [2.24, 2.45) is 5.92 Å². The molecule has 1 aliphatic heterocycles. The van der Waals surface area contributed by atoms with Gasteiger partial charge in [0.2, 0.25) is 0 Å². The Morgan fingerprint density at radius 3 is 3.00 bits per heavy atom. The molecule has 0 aromatic carbocycles. The Morgan fingerprint density at radius 2 is 2.38 bits per heavy atom. The van der Waals surface area contributed by atoms with Crippen LogP contribution in [0.4, 0.5) is 0 Å². The maximum Gasteiger partial charge on any atom is 0.0328 e. The van der Waals surface area contributed by atoms with Crippen molar-refractivity contribution in [2.45, 2.75) is 25.9 Å². The van der Waals surface area contributed by atoms with Gasteiger partial charge in [0.1, 0.15) is 0 Å². The maximum atomic E-state index is 3.51. The Morgan fingerprint density at radius 1 is 1.56 bits per heavy atom. The number of nitrogens with zero attached hydrogens (tertiary/aromatic N) is 1. The van der Waals surface area contributed by atoms with E-state index in [-0.39, 0.29) is 0 Å². The third-order valence-corrected chi connectivity index (χ3v) is 5.10. The molecule has 0 spiro atoms. The van der Waals surface area contributed by atoms with Crippen molar-refractivity contribution in [1.29, 1.82) is 0 Å². The van der Waals surface area contributed by atoms with E-state index in [1.54, 1.807) is 0 Å². The highest BCUT2D eigenvalue weighted by Gasteiger charge is 2.28. The first kappa shape index (κ1) is 12.6. The molecule has 1 fully saturated rings. The van der Waals surface area contributed by atoms with Gasteiger partial charge in [-0.05, 0) is 41.5 Å². The van der Waals surface area contributed by atoms with Crippen LogP contribution in [-0.4, -0.2) is 31.1 Å². The summed E-state index contributed by atoms with van der Waals surface area (Å²) >= 11 is 5.35. The molecular weight excluding hydrogens is 284 g/mol. The largest absolute Gasteiger partial charge is 0.315 e. The van der Waals surface area contributed by atoms with Gasteiger partial charge in [0.05, 0.1) is 0 Å². The minimum atomic E-state index is 0.700. The molecule has 1 aromatic rings. The Bertz CT molecular complexity index is 340. The highest BCUT2D eigenvalue weighted by molar-refractivity contribution is 9.10. The zero-order valence-electron chi connectivity index (χ0n) is 9.87. The van der Waals surface area contributed by atoms with E-state index in [2.05, 4.69) is 51.6 Å². The Balaban J connectivity index is 1.94. The second-order valence-corrected chi connectivity index (χ2v) is 6.45. The van der Waals surface area contributed by atoms with Gasteiger partial charge in [0.15, 0.2) is 0 Å². The van der Waals surface area contributed by atoms with Crippen molar-refractivity contribution in [3.63, 3.8) is 0 Å². The molecule has 2 unspecified atom stereocenters. The summed E-state index contributed by atoms with van der Waals surface area (Å²) in [5.74, 6) is 0.813. The maximum absolute atomic E-state index is 3.51. The zero-order chi connectivity index (χ0) is 11.5. The van der Waals surface area contributed by atoms with Gasteiger partial charge < -0.3 is 5.32 Å². The first-order valence-corrected chi connectivity index (χ1v) is 7.51. The molecule has 1 N–H and O–H groups in total. The summed E-state index contributed by atoms with van der Waals surface area (Å²) in [4.78, 5) is 3.93. The second kappa shape index (κ2) is 5.63. The lowest BCUT2D eigenvalue weighted by Gasteiger charge is -2.27. The predicted octanol–water partition coefficient (Wildman–Crippen LogP) is 2.94. The van der Waals surface area contributed by atoms with E-state index in [1.807, 2.05) is 11.3 Å². The molecule has 0 amide bonds. The van der Waals surface area contributed by atoms with Crippen LogP contribution in [0.15, 0.2) is 15.9 Å². The van der Waals surface area contributed by atoms with Gasteiger partial charge in [-0.3, -0.25) is 4.90 Å². The Hall–Kier alpha value is 0.1000. The van der Waals surface area contributed by atoms with Crippen LogP contribution in [0, 0.1) is 5.92 Å². The number of nitrogens with one attached hydrogen (secondary N) is 1. The van der Waals surface area contributed by atoms with Crippen LogP contribution in [0.3, 0.4) is 0 Å². The molecule has 4 heteroatoms. The van der Waals surface area contributed by atoms with Gasteiger partial charge in [0, 0.05) is 33.9 Å². The molecule has 2 nitrogen and oxygen atoms in total. The molecule has 1 aromatic heterocycles. The average Bonchev–Trinajstić information content (AvgIpc) is 2.86. The fourth-order valence-electron chi connectivity index (χ4n) is 2.45. The summed E-state index contributed by atoms with van der Waals surface area (Å²) in [5.41, 5.74) is 0. The van der Waals surface area contributed by atoms with Crippen LogP contribution < -0.4 is 5.32 Å². The van der Waals surface area contributed by atoms with Crippen molar-refractivity contribution in [3.8, 4) is 0 Å². The number of hydrogen-bond acceptors (Lipinski definition) is 3. The molecule has 16 heavy (non-hydrogen) atoms. The summed E-state index contributed by atoms with van der Waals surface area (Å²) in [6.45, 7) is 5.68. The molecule has 2 heterocycles. The normalized spacial score (nSPS) is 25.5. The van der Waals surface area contributed by atoms with E-state index in [0.29, 0.717) is 6.04 Å². The van der Waals surface area contributed by atoms with Crippen molar-refractivity contribution < 1.29 is 0 Å². The molecule has 0 bridgehead atoms. The van der Waals surface area contributed by atoms with E-state index in [0.717, 1.165) is 19.0 Å². The van der Waals surface area contributed by atoms with Crippen molar-refractivity contribution in [2.75, 3.05) is 20.1 Å². The SMILES string of the molecule is CCC1CNCC1N(C)Cc1cc(Br)cs1. The minimum absolute atomic E-state index is 0.700. The summed E-state index contributed by atoms with van der Waals surface area (Å²) in [5, 5.41) is 5.66. The van der Waals surface area contributed by atoms with Crippen LogP contribution in [0.25, 0.3) is 0 Å². The fourth-order valence-corrected chi connectivity index (χ4v) is 3.96. The van der Waals surface area contributed by atoms with E-state index in [1.165, 1.54) is 22.3 Å². The van der Waals surface area contributed by atoms with E-state index >= 15 is 0 Å². The van der Waals surface area contributed by atoms with Crippen LogP contribution in [0.2, 0.25) is 0 Å². The first-order valence-electron chi connectivity index (χ1n) is 5.84. The van der Waals surface area contributed by atoms with Gasteiger partial charge in [-0.2, -0.15) is 0 Å². The van der Waals surface area contributed by atoms with Gasteiger partial charge in [-0.1, -0.05) is 13.3 Å². The van der Waals surface area contributed by atoms with Crippen LogP contribution in [0.1, 0.15) is 18.2 Å². The quantitative estimate of drug-likeness (QED) is 0.920. The second-order valence-electron chi connectivity index (χ2n) is 4.54. The number of rotatable bonds is 4. The molecule has 0 radical (unpaired) electrons. The van der Waals surface area contributed by atoms with Gasteiger partial charge >= 0.3 is 0 Å². The van der Waals surface area contributed by atoms with Gasteiger partial charge in [-0.15, -0.1) is 11.3 Å². The van der Waals surface area contributed by atoms with Crippen LogP contribution >= 0.6 is 27.3 Å². The number of likely N-dealkylation sites (N-methyl/N-ethyl adjacent to an activating group) is 1. The average molecular weight is 303 g/mol. The number of thiophene rings is 1. The van der Waals surface area contributed by atoms with Gasteiger partial charge in [0.25, 0.3) is 0 Å². The fraction of sp³-hybridized carbons (Fsp3) is 0.667. The summed E-state index contributed by atoms with van der Waals surface area (Å²) in [6.07, 6.45) is 1.27. The van der Waals surface area contributed by atoms with Crippen LogP contribution in [0.5, 0.6) is 0 Å². The molecule has 90 valence electrons. The minimum Gasteiger partial charge on any atom is -0.315 e. The topological polar surface area (TPSA) is 15.3 Å². The zero-order valence-corrected chi connectivity index (χ0v) is 12.3. The standard InChI is InChI=1S/C12H19BrN2S/c1-3-9-5-14-6-12(9)15(2)7-11-4-10(13)8-16-11/h4,8-9,12,14H,3,5-7H2,1-2H3. The number of hydrogen-bond donors (Lipinski definition) is 1. The Labute approximate surface area is 110 Å². The molecular formula is C12H19BrN2S. The summed E-state index contributed by atoms with van der Waals surface area (Å²) in [7, 11) is 2.24. The molecule has 0 saturated carbocycles. The lowest BCUT2D eigenvalue weighted by atomic mass is 10.00. The highest BCUT2D eigenvalue weighted by Crippen LogP contribution is 2.24. The molecule has 2 rings (SSSR count). The van der Waals surface area contributed by atoms with E-state index in [9.17, 15) is 0 Å². The molecule has 1 saturated heterocycles. The lowest BCUT2D eigenvalue weighted by Crippen LogP contribution is -2.37. The van der Waals surface area contributed by atoms with Crippen molar-refractivity contribution >= 4 is 27.3 Å². The number of halogens is 1. The summed E-state index contributed by atoms with van der Waals surface area (Å²) < 4.78 is 1.21. The third kappa shape index (κ3) is 2.86. The molecule has 0 aliphatic carbocycles. The predicted molar refractivity (Wildman–Crippen MR) is 73.9 cm³/mol. The van der Waals surface area contributed by atoms with Crippen LogP contribution in [-0.2, 0) is 6.54 Å². The monoisotopic (exact) mass is 302 g/mol. The first-order chi connectivity index (χ1) is 7.70. The van der Waals surface area contributed by atoms with Crippen molar-refractivity contribution in [1.82, 2.24) is 10.2 Å². The molecule has 1 aliphatic rings. The van der Waals surface area contributed by atoms with Gasteiger partial charge in [-0.25, -0.2) is 0 Å². The Kier molecular flexibility index (Phi) is 4.41. The third-order valence-electron chi connectivity index (χ3n) is 3.42. The smallest absolute Gasteiger partial charge is 0.0328 e. The highest BCUT2D eigenvalue weighted by atomic mass is 79.9. The summed E-state index contributed by atoms with van der Waals surface area (Å²) in [6, 6.07) is 2.93. The van der Waals surface area contributed by atoms with E-state index in [4.69, 9.17) is 0 Å². The van der Waals surface area contributed by atoms with E-state index < -0.39 is 0 Å².